The first kappa shape index (κ1) is 26.6. The molecule has 0 atom stereocenters. The van der Waals surface area contributed by atoms with Crippen LogP contribution in [0.15, 0.2) is 40.4 Å². The van der Waals surface area contributed by atoms with E-state index in [2.05, 4.69) is 5.32 Å². The highest BCUT2D eigenvalue weighted by molar-refractivity contribution is 7.89. The zero-order valence-electron chi connectivity index (χ0n) is 20.9. The molecule has 3 aliphatic rings. The summed E-state index contributed by atoms with van der Waals surface area (Å²) in [5, 5.41) is 12.3. The van der Waals surface area contributed by atoms with E-state index < -0.39 is 21.9 Å². The Morgan fingerprint density at radius 1 is 1.06 bits per heavy atom. The van der Waals surface area contributed by atoms with Crippen LogP contribution >= 0.6 is 0 Å². The van der Waals surface area contributed by atoms with Gasteiger partial charge in [-0.1, -0.05) is 50.7 Å². The molecule has 1 aromatic rings. The number of methoxy groups -OCH3 is 1. The standard InChI is InChI=1S/C26H37N3O6S/c1-35-26(32)21-18-28(16-17-30)25(31)24(21)27-22-14-8-9-15-23(22)36(33,34)29(19-10-4-2-5-11-19)20-12-6-3-7-13-20/h8-9,14-15,19-20,27,30H,2-7,10-13,16-18H2,1H3. The molecule has 0 radical (unpaired) electrons. The van der Waals surface area contributed by atoms with Crippen molar-refractivity contribution in [3.8, 4) is 0 Å². The van der Waals surface area contributed by atoms with Crippen molar-refractivity contribution in [2.45, 2.75) is 81.2 Å². The summed E-state index contributed by atoms with van der Waals surface area (Å²) in [6, 6.07) is 6.52. The van der Waals surface area contributed by atoms with E-state index in [1.165, 1.54) is 12.0 Å². The number of rotatable bonds is 9. The largest absolute Gasteiger partial charge is 0.466 e. The molecule has 2 fully saturated rings. The van der Waals surface area contributed by atoms with E-state index in [-0.39, 0.29) is 53.6 Å². The van der Waals surface area contributed by atoms with Crippen LogP contribution < -0.4 is 5.32 Å². The van der Waals surface area contributed by atoms with Crippen LogP contribution in [0.2, 0.25) is 0 Å². The number of sulfonamides is 1. The summed E-state index contributed by atoms with van der Waals surface area (Å²) in [6.45, 7) is -0.211. The number of amides is 1. The Hall–Kier alpha value is -2.43. The van der Waals surface area contributed by atoms with Gasteiger partial charge in [0.1, 0.15) is 10.6 Å². The van der Waals surface area contributed by atoms with Crippen LogP contribution in [0.25, 0.3) is 0 Å². The zero-order valence-corrected chi connectivity index (χ0v) is 21.8. The number of aliphatic hydroxyl groups excluding tert-OH is 1. The first-order chi connectivity index (χ1) is 17.4. The molecule has 10 heteroatoms. The van der Waals surface area contributed by atoms with Crippen LogP contribution in [0, 0.1) is 0 Å². The lowest BCUT2D eigenvalue weighted by Crippen LogP contribution is -2.48. The SMILES string of the molecule is COC(=O)C1=C(Nc2ccccc2S(=O)(=O)N(C2CCCCC2)C2CCCCC2)C(=O)N(CCO)C1. The number of para-hydroxylation sites is 1. The number of esters is 1. The number of hydrogen-bond donors (Lipinski definition) is 2. The van der Waals surface area contributed by atoms with Gasteiger partial charge < -0.3 is 20.1 Å². The Morgan fingerprint density at radius 3 is 2.19 bits per heavy atom. The van der Waals surface area contributed by atoms with Crippen LogP contribution in [-0.4, -0.2) is 73.5 Å². The number of ether oxygens (including phenoxy) is 1. The highest BCUT2D eigenvalue weighted by Gasteiger charge is 2.40. The molecule has 198 valence electrons. The van der Waals surface area contributed by atoms with Crippen molar-refractivity contribution in [1.82, 2.24) is 9.21 Å². The molecule has 2 N–H and O–H groups in total. The molecule has 1 aromatic carbocycles. The molecule has 0 aromatic heterocycles. The minimum absolute atomic E-state index is 0.0140. The number of carbonyl (C=O) groups excluding carboxylic acids is 2. The Kier molecular flexibility index (Phi) is 8.69. The quantitative estimate of drug-likeness (QED) is 0.482. The molecule has 36 heavy (non-hydrogen) atoms. The van der Waals surface area contributed by atoms with Crippen molar-refractivity contribution < 1.29 is 27.9 Å². The van der Waals surface area contributed by atoms with Crippen LogP contribution in [0.4, 0.5) is 5.69 Å². The van der Waals surface area contributed by atoms with Gasteiger partial charge in [-0.2, -0.15) is 4.31 Å². The molecule has 9 nitrogen and oxygen atoms in total. The van der Waals surface area contributed by atoms with Crippen molar-refractivity contribution in [3.63, 3.8) is 0 Å². The first-order valence-corrected chi connectivity index (χ1v) is 14.4. The molecule has 0 bridgehead atoms. The summed E-state index contributed by atoms with van der Waals surface area (Å²) in [7, 11) is -2.66. The first-order valence-electron chi connectivity index (χ1n) is 13.0. The molecule has 2 saturated carbocycles. The number of β-amino-alcohol motifs (C(OH)–C–C–N with tert-alkyl or cyclic N) is 1. The molecule has 0 spiro atoms. The smallest absolute Gasteiger partial charge is 0.337 e. The van der Waals surface area contributed by atoms with E-state index in [0.717, 1.165) is 64.2 Å². The van der Waals surface area contributed by atoms with Crippen molar-refractivity contribution in [2.24, 2.45) is 0 Å². The Labute approximate surface area is 213 Å². The van der Waals surface area contributed by atoms with E-state index >= 15 is 0 Å². The average Bonchev–Trinajstić information content (AvgIpc) is 3.20. The van der Waals surface area contributed by atoms with Gasteiger partial charge in [-0.15, -0.1) is 0 Å². The maximum atomic E-state index is 14.3. The summed E-state index contributed by atoms with van der Waals surface area (Å²) in [6.07, 6.45) is 9.78. The number of anilines is 1. The van der Waals surface area contributed by atoms with Crippen LogP contribution in [0.5, 0.6) is 0 Å². The van der Waals surface area contributed by atoms with Crippen molar-refractivity contribution in [3.05, 3.63) is 35.5 Å². The molecule has 0 saturated heterocycles. The van der Waals surface area contributed by atoms with Gasteiger partial charge in [0.05, 0.1) is 31.5 Å². The van der Waals surface area contributed by atoms with Gasteiger partial charge in [0.2, 0.25) is 10.0 Å². The average molecular weight is 520 g/mol. The normalized spacial score (nSPS) is 20.3. The predicted octanol–water partition coefficient (Wildman–Crippen LogP) is 3.02. The molecule has 0 unspecified atom stereocenters. The maximum Gasteiger partial charge on any atom is 0.337 e. The topological polar surface area (TPSA) is 116 Å². The summed E-state index contributed by atoms with van der Waals surface area (Å²) < 4.78 is 35.2. The third kappa shape index (κ3) is 5.45. The fourth-order valence-corrected chi connectivity index (χ4v) is 7.83. The molecule has 4 rings (SSSR count). The summed E-state index contributed by atoms with van der Waals surface area (Å²) in [4.78, 5) is 26.9. The number of nitrogens with one attached hydrogen (secondary N) is 1. The van der Waals surface area contributed by atoms with Gasteiger partial charge in [-0.25, -0.2) is 13.2 Å². The lowest BCUT2D eigenvalue weighted by atomic mass is 9.91. The van der Waals surface area contributed by atoms with E-state index in [1.54, 1.807) is 28.6 Å². The van der Waals surface area contributed by atoms with Gasteiger partial charge in [0.25, 0.3) is 5.91 Å². The highest BCUT2D eigenvalue weighted by Crippen LogP contribution is 2.37. The second kappa shape index (κ2) is 11.7. The van der Waals surface area contributed by atoms with Gasteiger partial charge in [0.15, 0.2) is 0 Å². The highest BCUT2D eigenvalue weighted by atomic mass is 32.2. The van der Waals surface area contributed by atoms with Crippen molar-refractivity contribution in [2.75, 3.05) is 32.1 Å². The molecule has 1 amide bonds. The summed E-state index contributed by atoms with van der Waals surface area (Å²) in [5.74, 6) is -1.15. The van der Waals surface area contributed by atoms with Crippen molar-refractivity contribution >= 4 is 27.6 Å². The number of hydrogen-bond acceptors (Lipinski definition) is 7. The second-order valence-electron chi connectivity index (χ2n) is 9.84. The summed E-state index contributed by atoms with van der Waals surface area (Å²) >= 11 is 0. The van der Waals surface area contributed by atoms with Crippen molar-refractivity contribution in [1.29, 1.82) is 0 Å². The molecule has 1 aliphatic heterocycles. The molecular formula is C26H37N3O6S. The maximum absolute atomic E-state index is 14.3. The summed E-state index contributed by atoms with van der Waals surface area (Å²) in [5.41, 5.74) is 0.351. The lowest BCUT2D eigenvalue weighted by molar-refractivity contribution is -0.136. The van der Waals surface area contributed by atoms with E-state index in [9.17, 15) is 23.1 Å². The van der Waals surface area contributed by atoms with E-state index in [4.69, 9.17) is 4.74 Å². The van der Waals surface area contributed by atoms with Gasteiger partial charge in [-0.3, -0.25) is 4.79 Å². The lowest BCUT2D eigenvalue weighted by Gasteiger charge is -2.40. The number of carbonyl (C=O) groups is 2. The molecule has 2 aliphatic carbocycles. The van der Waals surface area contributed by atoms with Crippen LogP contribution in [-0.2, 0) is 24.3 Å². The van der Waals surface area contributed by atoms with Crippen LogP contribution in [0.1, 0.15) is 64.2 Å². The molecular weight excluding hydrogens is 482 g/mol. The third-order valence-corrected chi connectivity index (χ3v) is 9.59. The Bertz CT molecular complexity index is 1070. The monoisotopic (exact) mass is 519 g/mol. The van der Waals surface area contributed by atoms with Gasteiger partial charge in [-0.05, 0) is 37.8 Å². The third-order valence-electron chi connectivity index (χ3n) is 7.52. The van der Waals surface area contributed by atoms with E-state index in [1.807, 2.05) is 0 Å². The Balaban J connectivity index is 1.72. The molecule has 1 heterocycles. The fraction of sp³-hybridized carbons (Fsp3) is 0.615. The zero-order chi connectivity index (χ0) is 25.7. The number of aliphatic hydroxyl groups is 1. The number of benzene rings is 1. The minimum atomic E-state index is -3.89. The van der Waals surface area contributed by atoms with E-state index in [0.29, 0.717) is 0 Å². The van der Waals surface area contributed by atoms with Gasteiger partial charge in [0, 0.05) is 18.6 Å². The fourth-order valence-electron chi connectivity index (χ4n) is 5.75. The number of nitrogens with zero attached hydrogens (tertiary/aromatic N) is 2. The second-order valence-corrected chi connectivity index (χ2v) is 11.6. The van der Waals surface area contributed by atoms with Crippen LogP contribution in [0.3, 0.4) is 0 Å². The minimum Gasteiger partial charge on any atom is -0.466 e. The van der Waals surface area contributed by atoms with Gasteiger partial charge >= 0.3 is 5.97 Å². The Morgan fingerprint density at radius 2 is 1.64 bits per heavy atom. The predicted molar refractivity (Wildman–Crippen MR) is 136 cm³/mol.